The molecule has 22 heavy (non-hydrogen) atoms. The molecule has 5 heteroatoms. The second kappa shape index (κ2) is 6.75. The molecule has 1 aromatic heterocycles. The molecule has 116 valence electrons. The number of hydrogen-bond donors (Lipinski definition) is 1. The van der Waals surface area contributed by atoms with Crippen molar-refractivity contribution in [1.82, 2.24) is 4.90 Å². The van der Waals surface area contributed by atoms with Gasteiger partial charge in [-0.2, -0.15) is 0 Å². The quantitative estimate of drug-likeness (QED) is 0.912. The second-order valence-electron chi connectivity index (χ2n) is 5.50. The van der Waals surface area contributed by atoms with Gasteiger partial charge in [-0.25, -0.2) is 4.79 Å². The van der Waals surface area contributed by atoms with Gasteiger partial charge in [-0.05, 0) is 56.0 Å². The Kier molecular flexibility index (Phi) is 4.98. The monoisotopic (exact) mass is 317 g/mol. The molecule has 0 saturated carbocycles. The van der Waals surface area contributed by atoms with E-state index in [1.54, 1.807) is 35.3 Å². The SMILES string of the molecule is Cc1cc(C(=O)O)cc(C(=O)N(Cc2cccs2)C(C)C)c1. The van der Waals surface area contributed by atoms with Crippen LogP contribution in [0, 0.1) is 6.92 Å². The van der Waals surface area contributed by atoms with E-state index in [-0.39, 0.29) is 17.5 Å². The summed E-state index contributed by atoms with van der Waals surface area (Å²) in [6.07, 6.45) is 0. The van der Waals surface area contributed by atoms with E-state index in [2.05, 4.69) is 0 Å². The summed E-state index contributed by atoms with van der Waals surface area (Å²) in [6, 6.07) is 8.73. The van der Waals surface area contributed by atoms with E-state index in [9.17, 15) is 9.59 Å². The van der Waals surface area contributed by atoms with Crippen LogP contribution >= 0.6 is 11.3 Å². The lowest BCUT2D eigenvalue weighted by molar-refractivity contribution is 0.0692. The number of aryl methyl sites for hydroxylation is 1. The number of carboxylic acid groups (broad SMARTS) is 1. The minimum Gasteiger partial charge on any atom is -0.478 e. The van der Waals surface area contributed by atoms with Gasteiger partial charge in [0.15, 0.2) is 0 Å². The topological polar surface area (TPSA) is 57.6 Å². The van der Waals surface area contributed by atoms with Crippen LogP contribution in [-0.2, 0) is 6.54 Å². The van der Waals surface area contributed by atoms with E-state index in [1.807, 2.05) is 31.4 Å². The number of thiophene rings is 1. The first-order valence-corrected chi connectivity index (χ1v) is 7.95. The maximum absolute atomic E-state index is 12.8. The summed E-state index contributed by atoms with van der Waals surface area (Å²) in [6.45, 7) is 6.24. The first-order valence-electron chi connectivity index (χ1n) is 7.07. The van der Waals surface area contributed by atoms with Crippen molar-refractivity contribution in [1.29, 1.82) is 0 Å². The second-order valence-corrected chi connectivity index (χ2v) is 6.53. The largest absolute Gasteiger partial charge is 0.478 e. The van der Waals surface area contributed by atoms with E-state index >= 15 is 0 Å². The Labute approximate surface area is 134 Å². The highest BCUT2D eigenvalue weighted by molar-refractivity contribution is 7.09. The number of aromatic carboxylic acids is 1. The van der Waals surface area contributed by atoms with Crippen molar-refractivity contribution in [2.24, 2.45) is 0 Å². The van der Waals surface area contributed by atoms with E-state index in [0.717, 1.165) is 10.4 Å². The molecule has 0 aliphatic rings. The van der Waals surface area contributed by atoms with Gasteiger partial charge >= 0.3 is 5.97 Å². The fourth-order valence-electron chi connectivity index (χ4n) is 2.26. The fourth-order valence-corrected chi connectivity index (χ4v) is 2.96. The van der Waals surface area contributed by atoms with Crippen molar-refractivity contribution >= 4 is 23.2 Å². The Bertz CT molecular complexity index is 677. The standard InChI is InChI=1S/C17H19NO3S/c1-11(2)18(10-15-5-4-6-22-15)16(19)13-7-12(3)8-14(9-13)17(20)21/h4-9,11H,10H2,1-3H3,(H,20,21). The molecule has 1 amide bonds. The molecule has 0 spiro atoms. The number of benzene rings is 1. The lowest BCUT2D eigenvalue weighted by atomic mass is 10.0. The third-order valence-corrected chi connectivity index (χ3v) is 4.22. The summed E-state index contributed by atoms with van der Waals surface area (Å²) in [5, 5.41) is 11.1. The maximum Gasteiger partial charge on any atom is 0.335 e. The van der Waals surface area contributed by atoms with Crippen LogP contribution in [0.15, 0.2) is 35.7 Å². The Morgan fingerprint density at radius 3 is 2.45 bits per heavy atom. The highest BCUT2D eigenvalue weighted by atomic mass is 32.1. The van der Waals surface area contributed by atoms with E-state index in [1.165, 1.54) is 6.07 Å². The van der Waals surface area contributed by atoms with Gasteiger partial charge in [0.25, 0.3) is 5.91 Å². The molecule has 0 unspecified atom stereocenters. The third kappa shape index (κ3) is 3.74. The number of carbonyl (C=O) groups is 2. The van der Waals surface area contributed by atoms with E-state index < -0.39 is 5.97 Å². The average molecular weight is 317 g/mol. The van der Waals surface area contributed by atoms with Gasteiger partial charge in [-0.3, -0.25) is 4.79 Å². The highest BCUT2D eigenvalue weighted by Gasteiger charge is 2.21. The van der Waals surface area contributed by atoms with Gasteiger partial charge in [0.05, 0.1) is 12.1 Å². The van der Waals surface area contributed by atoms with Crippen LogP contribution in [0.3, 0.4) is 0 Å². The molecular formula is C17H19NO3S. The number of carboxylic acids is 1. The molecule has 1 aromatic carbocycles. The Balaban J connectivity index is 2.32. The number of rotatable bonds is 5. The van der Waals surface area contributed by atoms with Crippen molar-refractivity contribution in [3.05, 3.63) is 57.3 Å². The Morgan fingerprint density at radius 2 is 1.91 bits per heavy atom. The van der Waals surface area contributed by atoms with Crippen molar-refractivity contribution < 1.29 is 14.7 Å². The zero-order chi connectivity index (χ0) is 16.3. The van der Waals surface area contributed by atoms with Crippen LogP contribution in [0.1, 0.15) is 45.0 Å². The molecule has 0 radical (unpaired) electrons. The zero-order valence-electron chi connectivity index (χ0n) is 12.9. The molecule has 1 heterocycles. The molecule has 2 rings (SSSR count). The zero-order valence-corrected chi connectivity index (χ0v) is 13.7. The molecule has 0 atom stereocenters. The van der Waals surface area contributed by atoms with Gasteiger partial charge in [0.2, 0.25) is 0 Å². The van der Waals surface area contributed by atoms with Gasteiger partial charge in [0.1, 0.15) is 0 Å². The number of amides is 1. The maximum atomic E-state index is 12.8. The highest BCUT2D eigenvalue weighted by Crippen LogP contribution is 2.18. The van der Waals surface area contributed by atoms with Crippen LogP contribution in [0.2, 0.25) is 0 Å². The van der Waals surface area contributed by atoms with Gasteiger partial charge in [0, 0.05) is 16.5 Å². The average Bonchev–Trinajstić information content (AvgIpc) is 2.96. The van der Waals surface area contributed by atoms with Crippen molar-refractivity contribution in [3.8, 4) is 0 Å². The predicted octanol–water partition coefficient (Wildman–Crippen LogP) is 3.81. The fraction of sp³-hybridized carbons (Fsp3) is 0.294. The minimum absolute atomic E-state index is 0.0309. The summed E-state index contributed by atoms with van der Waals surface area (Å²) in [4.78, 5) is 26.8. The normalized spacial score (nSPS) is 10.7. The Morgan fingerprint density at radius 1 is 1.23 bits per heavy atom. The van der Waals surface area contributed by atoms with Gasteiger partial charge in [-0.15, -0.1) is 11.3 Å². The first kappa shape index (κ1) is 16.2. The Hall–Kier alpha value is -2.14. The molecule has 0 fully saturated rings. The molecule has 0 bridgehead atoms. The van der Waals surface area contributed by atoms with Crippen LogP contribution < -0.4 is 0 Å². The smallest absolute Gasteiger partial charge is 0.335 e. The lowest BCUT2D eigenvalue weighted by Crippen LogP contribution is -2.36. The first-order chi connectivity index (χ1) is 10.4. The molecule has 1 N–H and O–H groups in total. The van der Waals surface area contributed by atoms with Gasteiger partial charge in [-0.1, -0.05) is 6.07 Å². The van der Waals surface area contributed by atoms with E-state index in [4.69, 9.17) is 5.11 Å². The molecule has 4 nitrogen and oxygen atoms in total. The van der Waals surface area contributed by atoms with Crippen molar-refractivity contribution in [3.63, 3.8) is 0 Å². The predicted molar refractivity (Wildman–Crippen MR) is 87.5 cm³/mol. The van der Waals surface area contributed by atoms with Crippen LogP contribution in [0.4, 0.5) is 0 Å². The molecule has 2 aromatic rings. The minimum atomic E-state index is -1.02. The molecular weight excluding hydrogens is 298 g/mol. The number of nitrogens with zero attached hydrogens (tertiary/aromatic N) is 1. The summed E-state index contributed by atoms with van der Waals surface area (Å²) in [5.41, 5.74) is 1.33. The summed E-state index contributed by atoms with van der Waals surface area (Å²) < 4.78 is 0. The van der Waals surface area contributed by atoms with Crippen molar-refractivity contribution in [2.75, 3.05) is 0 Å². The summed E-state index contributed by atoms with van der Waals surface area (Å²) >= 11 is 1.60. The van der Waals surface area contributed by atoms with Gasteiger partial charge < -0.3 is 10.0 Å². The lowest BCUT2D eigenvalue weighted by Gasteiger charge is -2.26. The summed E-state index contributed by atoms with van der Waals surface area (Å²) in [5.74, 6) is -1.17. The summed E-state index contributed by atoms with van der Waals surface area (Å²) in [7, 11) is 0. The van der Waals surface area contributed by atoms with Crippen molar-refractivity contribution in [2.45, 2.75) is 33.4 Å². The molecule has 0 aliphatic heterocycles. The molecule has 0 aliphatic carbocycles. The third-order valence-electron chi connectivity index (χ3n) is 3.36. The number of hydrogen-bond acceptors (Lipinski definition) is 3. The molecule has 0 saturated heterocycles. The van der Waals surface area contributed by atoms with Crippen LogP contribution in [0.5, 0.6) is 0 Å². The number of carbonyl (C=O) groups excluding carboxylic acids is 1. The van der Waals surface area contributed by atoms with Crippen LogP contribution in [0.25, 0.3) is 0 Å². The van der Waals surface area contributed by atoms with E-state index in [0.29, 0.717) is 12.1 Å². The van der Waals surface area contributed by atoms with Crippen LogP contribution in [-0.4, -0.2) is 27.9 Å².